The van der Waals surface area contributed by atoms with Crippen molar-refractivity contribution < 1.29 is 9.13 Å². The van der Waals surface area contributed by atoms with Crippen molar-refractivity contribution in [1.82, 2.24) is 0 Å². The summed E-state index contributed by atoms with van der Waals surface area (Å²) >= 11 is 0. The van der Waals surface area contributed by atoms with Crippen LogP contribution in [0.4, 0.5) is 5.69 Å². The van der Waals surface area contributed by atoms with Gasteiger partial charge in [-0.3, -0.25) is 14.3 Å². The number of benzene rings is 1. The van der Waals surface area contributed by atoms with Crippen LogP contribution in [0.15, 0.2) is 29.2 Å². The van der Waals surface area contributed by atoms with Gasteiger partial charge < -0.3 is 0 Å². The van der Waals surface area contributed by atoms with Crippen LogP contribution in [0.3, 0.4) is 0 Å². The van der Waals surface area contributed by atoms with Gasteiger partial charge in [0, 0.05) is 12.3 Å². The average molecular weight is 185 g/mol. The molecule has 1 rings (SSSR count). The largest absolute Gasteiger partial charge is 0.285 e. The van der Waals surface area contributed by atoms with E-state index >= 15 is 0 Å². The second-order valence-electron chi connectivity index (χ2n) is 2.18. The highest BCUT2D eigenvalue weighted by atomic mass is 32.2. The zero-order valence-electron chi connectivity index (χ0n) is 6.39. The van der Waals surface area contributed by atoms with Gasteiger partial charge in [0.15, 0.2) is 0 Å². The lowest BCUT2D eigenvalue weighted by molar-refractivity contribution is -0.387. The SMILES string of the molecule is CS(=O)c1ccccc1[N+](=O)[O-]. The van der Waals surface area contributed by atoms with Crippen LogP contribution in [0.1, 0.15) is 0 Å². The van der Waals surface area contributed by atoms with Crippen molar-refractivity contribution in [3.63, 3.8) is 0 Å². The predicted octanol–water partition coefficient (Wildman–Crippen LogP) is 1.33. The number of hydrogen-bond acceptors (Lipinski definition) is 3. The fraction of sp³-hybridized carbons (Fsp3) is 0.143. The summed E-state index contributed by atoms with van der Waals surface area (Å²) in [7, 11) is -1.30. The zero-order chi connectivity index (χ0) is 9.14. The highest BCUT2D eigenvalue weighted by Gasteiger charge is 2.14. The standard InChI is InChI=1S/C7H7NO3S/c1-12(11)7-5-3-2-4-6(7)8(9)10/h2-5H,1H3. The molecule has 1 aromatic carbocycles. The topological polar surface area (TPSA) is 60.2 Å². The first-order valence-corrected chi connectivity index (χ1v) is 4.75. The lowest BCUT2D eigenvalue weighted by atomic mass is 10.3. The number of hydrogen-bond donors (Lipinski definition) is 0. The normalized spacial score (nSPS) is 12.4. The van der Waals surface area contributed by atoms with E-state index in [1.165, 1.54) is 18.4 Å². The molecule has 0 N–H and O–H groups in total. The molecule has 1 atom stereocenters. The minimum atomic E-state index is -1.30. The maximum atomic E-state index is 11.0. The summed E-state index contributed by atoms with van der Waals surface area (Å²) in [5.74, 6) is 0. The van der Waals surface area contributed by atoms with Crippen molar-refractivity contribution in [1.29, 1.82) is 0 Å². The van der Waals surface area contributed by atoms with E-state index in [-0.39, 0.29) is 10.6 Å². The Labute approximate surface area is 71.8 Å². The van der Waals surface area contributed by atoms with Gasteiger partial charge in [-0.25, -0.2) is 0 Å². The van der Waals surface area contributed by atoms with E-state index in [0.29, 0.717) is 0 Å². The monoisotopic (exact) mass is 185 g/mol. The minimum Gasteiger partial charge on any atom is -0.258 e. The lowest BCUT2D eigenvalue weighted by Crippen LogP contribution is -1.95. The summed E-state index contributed by atoms with van der Waals surface area (Å²) in [5.41, 5.74) is -0.0849. The number of para-hydroxylation sites is 1. The molecule has 0 radical (unpaired) electrons. The molecule has 5 heteroatoms. The molecule has 1 unspecified atom stereocenters. The second kappa shape index (κ2) is 3.44. The number of rotatable bonds is 2. The lowest BCUT2D eigenvalue weighted by Gasteiger charge is -1.96. The van der Waals surface area contributed by atoms with Gasteiger partial charge in [-0.1, -0.05) is 12.1 Å². The molecular formula is C7H7NO3S. The van der Waals surface area contributed by atoms with E-state index in [0.717, 1.165) is 0 Å². The third-order valence-electron chi connectivity index (χ3n) is 1.37. The highest BCUT2D eigenvalue weighted by Crippen LogP contribution is 2.19. The summed E-state index contributed by atoms with van der Waals surface area (Å²) < 4.78 is 11.0. The molecule has 0 aromatic heterocycles. The van der Waals surface area contributed by atoms with E-state index in [2.05, 4.69) is 0 Å². The summed E-state index contributed by atoms with van der Waals surface area (Å²) in [5, 5.41) is 10.4. The second-order valence-corrected chi connectivity index (χ2v) is 3.53. The van der Waals surface area contributed by atoms with E-state index in [4.69, 9.17) is 0 Å². The Bertz CT molecular complexity index is 304. The highest BCUT2D eigenvalue weighted by molar-refractivity contribution is 7.84. The van der Waals surface area contributed by atoms with Crippen LogP contribution < -0.4 is 0 Å². The molecule has 0 bridgehead atoms. The predicted molar refractivity (Wildman–Crippen MR) is 45.4 cm³/mol. The molecule has 0 heterocycles. The molecule has 0 fully saturated rings. The van der Waals surface area contributed by atoms with Crippen LogP contribution in [0, 0.1) is 10.1 Å². The van der Waals surface area contributed by atoms with Crippen LogP contribution in [0.2, 0.25) is 0 Å². The molecule has 1 aromatic rings. The minimum absolute atomic E-state index is 0.0849. The van der Waals surface area contributed by atoms with Crippen LogP contribution >= 0.6 is 0 Å². The fourth-order valence-electron chi connectivity index (χ4n) is 0.851. The third-order valence-corrected chi connectivity index (χ3v) is 2.34. The fourth-order valence-corrected chi connectivity index (χ4v) is 1.56. The van der Waals surface area contributed by atoms with Gasteiger partial charge in [0.25, 0.3) is 5.69 Å². The van der Waals surface area contributed by atoms with Gasteiger partial charge in [0.05, 0.1) is 15.7 Å². The van der Waals surface area contributed by atoms with Gasteiger partial charge in [0.1, 0.15) is 4.90 Å². The van der Waals surface area contributed by atoms with Gasteiger partial charge in [-0.05, 0) is 6.07 Å². The Hall–Kier alpha value is -1.23. The summed E-state index contributed by atoms with van der Waals surface area (Å²) in [6, 6.07) is 6.02. The molecule has 12 heavy (non-hydrogen) atoms. The van der Waals surface area contributed by atoms with Crippen molar-refractivity contribution >= 4 is 16.5 Å². The Balaban J connectivity index is 3.27. The maximum absolute atomic E-state index is 11.0. The van der Waals surface area contributed by atoms with Crippen molar-refractivity contribution in [3.8, 4) is 0 Å². The van der Waals surface area contributed by atoms with Gasteiger partial charge >= 0.3 is 0 Å². The average Bonchev–Trinajstić information content (AvgIpc) is 2.04. The molecule has 0 aliphatic rings. The molecule has 4 nitrogen and oxygen atoms in total. The molecule has 0 aliphatic carbocycles. The smallest absolute Gasteiger partial charge is 0.258 e. The van der Waals surface area contributed by atoms with Crippen LogP contribution in [0.5, 0.6) is 0 Å². The van der Waals surface area contributed by atoms with E-state index in [1.54, 1.807) is 12.1 Å². The number of nitro benzene ring substituents is 1. The summed E-state index contributed by atoms with van der Waals surface area (Å²) in [4.78, 5) is 10.1. The van der Waals surface area contributed by atoms with E-state index in [1.807, 2.05) is 0 Å². The van der Waals surface area contributed by atoms with Crippen molar-refractivity contribution in [2.75, 3.05) is 6.26 Å². The molecule has 0 saturated carbocycles. The Kier molecular flexibility index (Phi) is 2.54. The molecule has 64 valence electrons. The van der Waals surface area contributed by atoms with E-state index in [9.17, 15) is 14.3 Å². The molecule has 0 saturated heterocycles. The molecule has 0 aliphatic heterocycles. The molecule has 0 spiro atoms. The first-order chi connectivity index (χ1) is 5.63. The number of nitrogens with zero attached hydrogens (tertiary/aromatic N) is 1. The maximum Gasteiger partial charge on any atom is 0.285 e. The molecule has 0 amide bonds. The van der Waals surface area contributed by atoms with Gasteiger partial charge in [-0.2, -0.15) is 0 Å². The van der Waals surface area contributed by atoms with Crippen molar-refractivity contribution in [3.05, 3.63) is 34.4 Å². The van der Waals surface area contributed by atoms with Gasteiger partial charge in [0.2, 0.25) is 0 Å². The van der Waals surface area contributed by atoms with Crippen molar-refractivity contribution in [2.45, 2.75) is 4.90 Å². The van der Waals surface area contributed by atoms with Crippen LogP contribution in [0.25, 0.3) is 0 Å². The van der Waals surface area contributed by atoms with Crippen LogP contribution in [-0.2, 0) is 10.8 Å². The third kappa shape index (κ3) is 1.68. The Morgan fingerprint density at radius 3 is 2.42 bits per heavy atom. The Morgan fingerprint density at radius 2 is 2.00 bits per heavy atom. The first-order valence-electron chi connectivity index (χ1n) is 3.20. The molecular weight excluding hydrogens is 178 g/mol. The zero-order valence-corrected chi connectivity index (χ0v) is 7.21. The summed E-state index contributed by atoms with van der Waals surface area (Å²) in [6.07, 6.45) is 1.42. The number of nitro groups is 1. The van der Waals surface area contributed by atoms with Gasteiger partial charge in [-0.15, -0.1) is 0 Å². The van der Waals surface area contributed by atoms with E-state index < -0.39 is 15.7 Å². The van der Waals surface area contributed by atoms with Crippen LogP contribution in [-0.4, -0.2) is 15.4 Å². The van der Waals surface area contributed by atoms with Crippen molar-refractivity contribution in [2.24, 2.45) is 0 Å². The quantitative estimate of drug-likeness (QED) is 0.516. The summed E-state index contributed by atoms with van der Waals surface area (Å²) in [6.45, 7) is 0. The Morgan fingerprint density at radius 1 is 1.42 bits per heavy atom. The first kappa shape index (κ1) is 8.86.